The SMILES string of the molecule is CCCCOCCNCCN1CCN(S(C)(=O)=O)CC1. The Kier molecular flexibility index (Phi) is 8.63. The van der Waals surface area contributed by atoms with Crippen LogP contribution in [0.3, 0.4) is 0 Å². The molecule has 1 rings (SSSR count). The van der Waals surface area contributed by atoms with Crippen molar-refractivity contribution in [3.05, 3.63) is 0 Å². The molecular weight excluding hydrogens is 278 g/mol. The number of piperazine rings is 1. The van der Waals surface area contributed by atoms with E-state index in [-0.39, 0.29) is 0 Å². The van der Waals surface area contributed by atoms with Gasteiger partial charge in [-0.2, -0.15) is 4.31 Å². The van der Waals surface area contributed by atoms with Crippen LogP contribution in [0.5, 0.6) is 0 Å². The lowest BCUT2D eigenvalue weighted by Gasteiger charge is -2.33. The van der Waals surface area contributed by atoms with Crippen molar-refractivity contribution >= 4 is 10.0 Å². The fourth-order valence-corrected chi connectivity index (χ4v) is 2.97. The number of nitrogens with zero attached hydrogens (tertiary/aromatic N) is 2. The fraction of sp³-hybridized carbons (Fsp3) is 1.00. The second-order valence-electron chi connectivity index (χ2n) is 5.22. The van der Waals surface area contributed by atoms with E-state index in [1.54, 1.807) is 4.31 Å². The van der Waals surface area contributed by atoms with E-state index in [9.17, 15) is 8.42 Å². The van der Waals surface area contributed by atoms with Crippen LogP contribution in [0.2, 0.25) is 0 Å². The van der Waals surface area contributed by atoms with Gasteiger partial charge in [0.15, 0.2) is 0 Å². The Balaban J connectivity index is 1.97. The summed E-state index contributed by atoms with van der Waals surface area (Å²) < 4.78 is 29.8. The van der Waals surface area contributed by atoms with Gasteiger partial charge in [0.05, 0.1) is 12.9 Å². The van der Waals surface area contributed by atoms with Crippen LogP contribution in [0.25, 0.3) is 0 Å². The molecule has 0 aromatic carbocycles. The molecule has 1 saturated heterocycles. The third-order valence-electron chi connectivity index (χ3n) is 3.47. The minimum atomic E-state index is -3.02. The molecule has 7 heteroatoms. The van der Waals surface area contributed by atoms with Crippen molar-refractivity contribution in [1.29, 1.82) is 0 Å². The molecule has 0 atom stereocenters. The molecule has 1 fully saturated rings. The lowest BCUT2D eigenvalue weighted by molar-refractivity contribution is 0.131. The summed E-state index contributed by atoms with van der Waals surface area (Å²) in [5.74, 6) is 0. The molecule has 0 spiro atoms. The minimum Gasteiger partial charge on any atom is -0.380 e. The second-order valence-corrected chi connectivity index (χ2v) is 7.20. The summed E-state index contributed by atoms with van der Waals surface area (Å²) in [5.41, 5.74) is 0. The average molecular weight is 307 g/mol. The van der Waals surface area contributed by atoms with Gasteiger partial charge in [-0.15, -0.1) is 0 Å². The fourth-order valence-electron chi connectivity index (χ4n) is 2.14. The predicted octanol–water partition coefficient (Wildman–Crippen LogP) is -0.0301. The number of nitrogens with one attached hydrogen (secondary N) is 1. The van der Waals surface area contributed by atoms with Gasteiger partial charge in [0.2, 0.25) is 10.0 Å². The molecule has 0 radical (unpaired) electrons. The molecule has 0 saturated carbocycles. The van der Waals surface area contributed by atoms with Gasteiger partial charge in [0.25, 0.3) is 0 Å². The molecule has 0 aromatic rings. The normalized spacial score (nSPS) is 18.5. The summed E-state index contributed by atoms with van der Waals surface area (Å²) >= 11 is 0. The molecule has 0 aliphatic carbocycles. The predicted molar refractivity (Wildman–Crippen MR) is 81.5 cm³/mol. The van der Waals surface area contributed by atoms with E-state index in [4.69, 9.17) is 4.74 Å². The largest absolute Gasteiger partial charge is 0.380 e. The summed E-state index contributed by atoms with van der Waals surface area (Å²) in [4.78, 5) is 2.30. The summed E-state index contributed by atoms with van der Waals surface area (Å²) in [5, 5.41) is 3.35. The maximum absolute atomic E-state index is 11.4. The van der Waals surface area contributed by atoms with E-state index in [1.165, 1.54) is 12.7 Å². The van der Waals surface area contributed by atoms with E-state index < -0.39 is 10.0 Å². The highest BCUT2D eigenvalue weighted by molar-refractivity contribution is 7.88. The summed E-state index contributed by atoms with van der Waals surface area (Å²) in [6, 6.07) is 0. The summed E-state index contributed by atoms with van der Waals surface area (Å²) in [6.45, 7) is 9.41. The molecule has 1 aliphatic rings. The van der Waals surface area contributed by atoms with Crippen LogP contribution in [0.15, 0.2) is 0 Å². The first-order chi connectivity index (χ1) is 9.54. The highest BCUT2D eigenvalue weighted by atomic mass is 32.2. The van der Waals surface area contributed by atoms with Crippen LogP contribution in [-0.4, -0.2) is 82.9 Å². The van der Waals surface area contributed by atoms with Gasteiger partial charge >= 0.3 is 0 Å². The van der Waals surface area contributed by atoms with Crippen molar-refractivity contribution in [2.75, 3.05) is 65.3 Å². The zero-order valence-corrected chi connectivity index (χ0v) is 13.6. The van der Waals surface area contributed by atoms with Crippen LogP contribution in [0.1, 0.15) is 19.8 Å². The summed E-state index contributed by atoms with van der Waals surface area (Å²) in [6.07, 6.45) is 3.58. The Labute approximate surface area is 123 Å². The number of ether oxygens (including phenoxy) is 1. The van der Waals surface area contributed by atoms with E-state index in [2.05, 4.69) is 17.1 Å². The second kappa shape index (κ2) is 9.68. The zero-order chi connectivity index (χ0) is 14.8. The Morgan fingerprint density at radius 3 is 2.40 bits per heavy atom. The van der Waals surface area contributed by atoms with E-state index in [1.807, 2.05) is 0 Å². The van der Waals surface area contributed by atoms with Gasteiger partial charge in [0, 0.05) is 52.4 Å². The highest BCUT2D eigenvalue weighted by Gasteiger charge is 2.22. The Morgan fingerprint density at radius 2 is 1.80 bits per heavy atom. The van der Waals surface area contributed by atoms with Crippen molar-refractivity contribution < 1.29 is 13.2 Å². The molecule has 1 heterocycles. The van der Waals surface area contributed by atoms with Crippen LogP contribution in [0, 0.1) is 0 Å². The van der Waals surface area contributed by atoms with Crippen molar-refractivity contribution in [3.63, 3.8) is 0 Å². The first-order valence-corrected chi connectivity index (χ1v) is 9.35. The maximum Gasteiger partial charge on any atom is 0.211 e. The van der Waals surface area contributed by atoms with Crippen molar-refractivity contribution in [2.24, 2.45) is 0 Å². The standard InChI is InChI=1S/C13H29N3O3S/c1-3-4-12-19-13-6-14-5-7-15-8-10-16(11-9-15)20(2,17)18/h14H,3-13H2,1-2H3. The smallest absolute Gasteiger partial charge is 0.211 e. The lowest BCUT2D eigenvalue weighted by atomic mass is 10.3. The van der Waals surface area contributed by atoms with Crippen molar-refractivity contribution in [2.45, 2.75) is 19.8 Å². The van der Waals surface area contributed by atoms with Gasteiger partial charge in [-0.3, -0.25) is 4.90 Å². The molecule has 6 nitrogen and oxygen atoms in total. The third-order valence-corrected chi connectivity index (χ3v) is 4.77. The van der Waals surface area contributed by atoms with E-state index in [0.717, 1.165) is 52.4 Å². The number of unbranched alkanes of at least 4 members (excludes halogenated alkanes) is 1. The van der Waals surface area contributed by atoms with Gasteiger partial charge in [-0.1, -0.05) is 13.3 Å². The Hall–Kier alpha value is -0.210. The highest BCUT2D eigenvalue weighted by Crippen LogP contribution is 2.04. The number of hydrogen-bond acceptors (Lipinski definition) is 5. The lowest BCUT2D eigenvalue weighted by Crippen LogP contribution is -2.49. The van der Waals surface area contributed by atoms with Crippen LogP contribution >= 0.6 is 0 Å². The van der Waals surface area contributed by atoms with Gasteiger partial charge in [-0.05, 0) is 6.42 Å². The molecule has 0 aromatic heterocycles. The first kappa shape index (κ1) is 17.8. The van der Waals surface area contributed by atoms with Crippen LogP contribution in [-0.2, 0) is 14.8 Å². The van der Waals surface area contributed by atoms with Crippen molar-refractivity contribution in [1.82, 2.24) is 14.5 Å². The Morgan fingerprint density at radius 1 is 1.10 bits per heavy atom. The molecule has 0 bridgehead atoms. The number of hydrogen-bond donors (Lipinski definition) is 1. The van der Waals surface area contributed by atoms with Crippen molar-refractivity contribution in [3.8, 4) is 0 Å². The minimum absolute atomic E-state index is 0.610. The summed E-state index contributed by atoms with van der Waals surface area (Å²) in [7, 11) is -3.02. The average Bonchev–Trinajstić information content (AvgIpc) is 2.41. The first-order valence-electron chi connectivity index (χ1n) is 7.50. The van der Waals surface area contributed by atoms with E-state index in [0.29, 0.717) is 13.1 Å². The number of sulfonamides is 1. The molecule has 1 N–H and O–H groups in total. The van der Waals surface area contributed by atoms with E-state index >= 15 is 0 Å². The Bertz CT molecular complexity index is 341. The zero-order valence-electron chi connectivity index (χ0n) is 12.8. The van der Waals surface area contributed by atoms with Crippen LogP contribution < -0.4 is 5.32 Å². The molecule has 20 heavy (non-hydrogen) atoms. The molecule has 0 amide bonds. The molecule has 120 valence electrons. The third kappa shape index (κ3) is 7.54. The molecule has 0 unspecified atom stereocenters. The topological polar surface area (TPSA) is 61.9 Å². The maximum atomic E-state index is 11.4. The van der Waals surface area contributed by atoms with Gasteiger partial charge in [-0.25, -0.2) is 8.42 Å². The molecule has 1 aliphatic heterocycles. The van der Waals surface area contributed by atoms with Crippen LogP contribution in [0.4, 0.5) is 0 Å². The monoisotopic (exact) mass is 307 g/mol. The quantitative estimate of drug-likeness (QED) is 0.574. The van der Waals surface area contributed by atoms with Gasteiger partial charge in [0.1, 0.15) is 0 Å². The van der Waals surface area contributed by atoms with Gasteiger partial charge < -0.3 is 10.1 Å². The number of rotatable bonds is 10. The molecular formula is C13H29N3O3S.